The number of hydrogen-bond donors (Lipinski definition) is 1. The van der Waals surface area contributed by atoms with Crippen LogP contribution in [0.1, 0.15) is 25.3 Å². The fourth-order valence-electron chi connectivity index (χ4n) is 1.39. The lowest BCUT2D eigenvalue weighted by molar-refractivity contribution is 0.313. The molecule has 84 valence electrons. The van der Waals surface area contributed by atoms with Crippen LogP contribution in [0.3, 0.4) is 0 Å². The molecule has 0 saturated carbocycles. The highest BCUT2D eigenvalue weighted by Gasteiger charge is 2.04. The molecule has 0 aliphatic rings. The Morgan fingerprint density at radius 2 is 2.20 bits per heavy atom. The number of ether oxygens (including phenoxy) is 1. The first kappa shape index (κ1) is 12.0. The van der Waals surface area contributed by atoms with E-state index in [1.807, 2.05) is 6.92 Å². The van der Waals surface area contributed by atoms with E-state index in [4.69, 9.17) is 10.5 Å². The van der Waals surface area contributed by atoms with Crippen molar-refractivity contribution in [3.8, 4) is 5.75 Å². The summed E-state index contributed by atoms with van der Waals surface area (Å²) in [5, 5.41) is 0. The van der Waals surface area contributed by atoms with E-state index in [1.54, 1.807) is 6.07 Å². The van der Waals surface area contributed by atoms with Crippen LogP contribution in [0.4, 0.5) is 4.39 Å². The lowest BCUT2D eigenvalue weighted by atomic mass is 10.1. The Morgan fingerprint density at radius 1 is 1.40 bits per heavy atom. The summed E-state index contributed by atoms with van der Waals surface area (Å²) < 4.78 is 18.5. The first-order chi connectivity index (χ1) is 7.27. The molecule has 0 aliphatic carbocycles. The topological polar surface area (TPSA) is 35.2 Å². The monoisotopic (exact) mass is 211 g/mol. The molecule has 1 rings (SSSR count). The van der Waals surface area contributed by atoms with E-state index in [-0.39, 0.29) is 5.82 Å². The maximum Gasteiger partial charge on any atom is 0.123 e. The van der Waals surface area contributed by atoms with Gasteiger partial charge in [0.15, 0.2) is 0 Å². The summed E-state index contributed by atoms with van der Waals surface area (Å²) in [6.07, 6.45) is 2.58. The molecule has 0 heterocycles. The molecule has 0 saturated heterocycles. The van der Waals surface area contributed by atoms with Crippen LogP contribution in [0.2, 0.25) is 0 Å². The van der Waals surface area contributed by atoms with Gasteiger partial charge < -0.3 is 10.5 Å². The fraction of sp³-hybridized carbons (Fsp3) is 0.500. The van der Waals surface area contributed by atoms with E-state index in [0.717, 1.165) is 30.6 Å². The molecule has 0 radical (unpaired) electrons. The molecule has 1 aromatic rings. The third-order valence-electron chi connectivity index (χ3n) is 2.13. The third kappa shape index (κ3) is 3.88. The van der Waals surface area contributed by atoms with Crippen LogP contribution in [-0.4, -0.2) is 13.2 Å². The van der Waals surface area contributed by atoms with E-state index in [9.17, 15) is 4.39 Å². The van der Waals surface area contributed by atoms with Crippen molar-refractivity contribution >= 4 is 0 Å². The van der Waals surface area contributed by atoms with Gasteiger partial charge in [0.05, 0.1) is 6.61 Å². The maximum absolute atomic E-state index is 13.0. The first-order valence-electron chi connectivity index (χ1n) is 5.39. The number of halogens is 1. The molecule has 0 aliphatic heterocycles. The zero-order valence-electron chi connectivity index (χ0n) is 9.13. The Morgan fingerprint density at radius 3 is 2.87 bits per heavy atom. The van der Waals surface area contributed by atoms with Gasteiger partial charge in [0.25, 0.3) is 0 Å². The predicted molar refractivity (Wildman–Crippen MR) is 59.6 cm³/mol. The SMILES string of the molecule is CCCOc1ccc(F)cc1CCCN. The van der Waals surface area contributed by atoms with Crippen molar-refractivity contribution in [3.63, 3.8) is 0 Å². The molecule has 2 N–H and O–H groups in total. The summed E-state index contributed by atoms with van der Waals surface area (Å²) in [6, 6.07) is 4.65. The molecule has 0 spiro atoms. The van der Waals surface area contributed by atoms with Gasteiger partial charge in [0, 0.05) is 0 Å². The first-order valence-corrected chi connectivity index (χ1v) is 5.39. The van der Waals surface area contributed by atoms with Crippen LogP contribution in [0.5, 0.6) is 5.75 Å². The molecule has 0 amide bonds. The summed E-state index contributed by atoms with van der Waals surface area (Å²) in [5.74, 6) is 0.567. The largest absolute Gasteiger partial charge is 0.493 e. The average Bonchev–Trinajstić information content (AvgIpc) is 2.25. The summed E-state index contributed by atoms with van der Waals surface area (Å²) in [6.45, 7) is 3.33. The average molecular weight is 211 g/mol. The number of rotatable bonds is 6. The second-order valence-electron chi connectivity index (χ2n) is 3.49. The quantitative estimate of drug-likeness (QED) is 0.784. The molecule has 0 aromatic heterocycles. The second kappa shape index (κ2) is 6.40. The van der Waals surface area contributed by atoms with Crippen molar-refractivity contribution in [1.82, 2.24) is 0 Å². The van der Waals surface area contributed by atoms with Crippen LogP contribution in [0, 0.1) is 5.82 Å². The van der Waals surface area contributed by atoms with Crippen molar-refractivity contribution in [2.24, 2.45) is 5.73 Å². The highest BCUT2D eigenvalue weighted by atomic mass is 19.1. The van der Waals surface area contributed by atoms with Gasteiger partial charge in [-0.1, -0.05) is 6.92 Å². The zero-order chi connectivity index (χ0) is 11.1. The predicted octanol–water partition coefficient (Wildman–Crippen LogP) is 2.51. The highest BCUT2D eigenvalue weighted by molar-refractivity contribution is 5.34. The van der Waals surface area contributed by atoms with Crippen LogP contribution in [0.15, 0.2) is 18.2 Å². The van der Waals surface area contributed by atoms with Crippen LogP contribution < -0.4 is 10.5 Å². The third-order valence-corrected chi connectivity index (χ3v) is 2.13. The lowest BCUT2D eigenvalue weighted by Gasteiger charge is -2.10. The van der Waals surface area contributed by atoms with Gasteiger partial charge in [0.1, 0.15) is 11.6 Å². The van der Waals surface area contributed by atoms with Gasteiger partial charge in [-0.2, -0.15) is 0 Å². The summed E-state index contributed by atoms with van der Waals surface area (Å²) in [7, 11) is 0. The number of nitrogens with two attached hydrogens (primary N) is 1. The lowest BCUT2D eigenvalue weighted by Crippen LogP contribution is -2.03. The van der Waals surface area contributed by atoms with Crippen molar-refractivity contribution in [3.05, 3.63) is 29.6 Å². The minimum atomic E-state index is -0.217. The normalized spacial score (nSPS) is 10.3. The Hall–Kier alpha value is -1.09. The summed E-state index contributed by atoms with van der Waals surface area (Å²) >= 11 is 0. The van der Waals surface area contributed by atoms with Crippen LogP contribution in [-0.2, 0) is 6.42 Å². The molecule has 1 aromatic carbocycles. The minimum absolute atomic E-state index is 0.217. The Labute approximate surface area is 90.2 Å². The van der Waals surface area contributed by atoms with Gasteiger partial charge in [-0.3, -0.25) is 0 Å². The molecule has 15 heavy (non-hydrogen) atoms. The molecule has 0 fully saturated rings. The number of hydrogen-bond acceptors (Lipinski definition) is 2. The molecule has 0 unspecified atom stereocenters. The summed E-state index contributed by atoms with van der Waals surface area (Å²) in [5.41, 5.74) is 6.34. The van der Waals surface area contributed by atoms with E-state index in [1.165, 1.54) is 12.1 Å². The standard InChI is InChI=1S/C12H18FNO/c1-2-8-15-12-6-5-11(13)9-10(12)4-3-7-14/h5-6,9H,2-4,7-8,14H2,1H3. The molecule has 2 nitrogen and oxygen atoms in total. The Bertz CT molecular complexity index is 302. The second-order valence-corrected chi connectivity index (χ2v) is 3.49. The van der Waals surface area contributed by atoms with Crippen molar-refractivity contribution < 1.29 is 9.13 Å². The van der Waals surface area contributed by atoms with E-state index in [0.29, 0.717) is 13.2 Å². The Balaban J connectivity index is 2.73. The molecular weight excluding hydrogens is 193 g/mol. The molecule has 0 bridgehead atoms. The zero-order valence-corrected chi connectivity index (χ0v) is 9.13. The van der Waals surface area contributed by atoms with Gasteiger partial charge in [0.2, 0.25) is 0 Å². The van der Waals surface area contributed by atoms with Gasteiger partial charge in [-0.25, -0.2) is 4.39 Å². The van der Waals surface area contributed by atoms with E-state index in [2.05, 4.69) is 0 Å². The Kier molecular flexibility index (Phi) is 5.12. The van der Waals surface area contributed by atoms with Crippen LogP contribution in [0.25, 0.3) is 0 Å². The van der Waals surface area contributed by atoms with Crippen molar-refractivity contribution in [2.45, 2.75) is 26.2 Å². The minimum Gasteiger partial charge on any atom is -0.493 e. The molecule has 3 heteroatoms. The highest BCUT2D eigenvalue weighted by Crippen LogP contribution is 2.21. The molecular formula is C12H18FNO. The fourth-order valence-corrected chi connectivity index (χ4v) is 1.39. The van der Waals surface area contributed by atoms with E-state index >= 15 is 0 Å². The smallest absolute Gasteiger partial charge is 0.123 e. The van der Waals surface area contributed by atoms with Gasteiger partial charge in [-0.15, -0.1) is 0 Å². The van der Waals surface area contributed by atoms with Crippen molar-refractivity contribution in [2.75, 3.05) is 13.2 Å². The molecule has 0 atom stereocenters. The number of aryl methyl sites for hydroxylation is 1. The van der Waals surface area contributed by atoms with Crippen LogP contribution >= 0.6 is 0 Å². The summed E-state index contributed by atoms with van der Waals surface area (Å²) in [4.78, 5) is 0. The van der Waals surface area contributed by atoms with Gasteiger partial charge >= 0.3 is 0 Å². The van der Waals surface area contributed by atoms with Gasteiger partial charge in [-0.05, 0) is 49.6 Å². The number of benzene rings is 1. The van der Waals surface area contributed by atoms with Crippen molar-refractivity contribution in [1.29, 1.82) is 0 Å². The van der Waals surface area contributed by atoms with E-state index < -0.39 is 0 Å². The maximum atomic E-state index is 13.0.